The molecule has 0 amide bonds. The van der Waals surface area contributed by atoms with Gasteiger partial charge < -0.3 is 0 Å². The number of hydrogen-bond donors (Lipinski definition) is 0. The van der Waals surface area contributed by atoms with Gasteiger partial charge in [0.1, 0.15) is 16.7 Å². The zero-order chi connectivity index (χ0) is 13.3. The summed E-state index contributed by atoms with van der Waals surface area (Å²) in [5, 5.41) is 0. The number of benzene rings is 1. The van der Waals surface area contributed by atoms with Gasteiger partial charge in [-0.1, -0.05) is 6.07 Å². The van der Waals surface area contributed by atoms with Gasteiger partial charge in [-0.2, -0.15) is 13.2 Å². The lowest BCUT2D eigenvalue weighted by molar-refractivity contribution is -0.139. The van der Waals surface area contributed by atoms with E-state index in [9.17, 15) is 17.6 Å². The number of nitrogens with zero attached hydrogens (tertiary/aromatic N) is 2. The van der Waals surface area contributed by atoms with Crippen molar-refractivity contribution in [1.82, 2.24) is 9.97 Å². The summed E-state index contributed by atoms with van der Waals surface area (Å²) in [6, 6.07) is 2.75. The van der Waals surface area contributed by atoms with Crippen molar-refractivity contribution in [3.05, 3.63) is 46.7 Å². The van der Waals surface area contributed by atoms with E-state index in [4.69, 9.17) is 0 Å². The number of halogens is 5. The minimum atomic E-state index is -4.73. The van der Waals surface area contributed by atoms with Crippen molar-refractivity contribution in [1.29, 1.82) is 0 Å². The SMILES string of the molecule is Fc1ccc(-c2cncnc2Br)cc1C(F)(F)F. The van der Waals surface area contributed by atoms with Crippen LogP contribution < -0.4 is 0 Å². The van der Waals surface area contributed by atoms with E-state index < -0.39 is 17.6 Å². The quantitative estimate of drug-likeness (QED) is 0.585. The number of hydrogen-bond acceptors (Lipinski definition) is 2. The number of aromatic nitrogens is 2. The smallest absolute Gasteiger partial charge is 0.244 e. The van der Waals surface area contributed by atoms with E-state index in [0.717, 1.165) is 12.1 Å². The molecular weight excluding hydrogens is 316 g/mol. The molecule has 0 aliphatic heterocycles. The number of alkyl halides is 3. The Morgan fingerprint density at radius 1 is 1.17 bits per heavy atom. The van der Waals surface area contributed by atoms with E-state index in [1.165, 1.54) is 18.6 Å². The zero-order valence-electron chi connectivity index (χ0n) is 8.67. The Balaban J connectivity index is 2.58. The molecule has 1 aromatic carbocycles. The van der Waals surface area contributed by atoms with E-state index >= 15 is 0 Å². The molecule has 0 spiro atoms. The average molecular weight is 321 g/mol. The molecule has 0 bridgehead atoms. The predicted molar refractivity (Wildman–Crippen MR) is 60.1 cm³/mol. The van der Waals surface area contributed by atoms with Crippen molar-refractivity contribution in [2.45, 2.75) is 6.18 Å². The molecule has 0 N–H and O–H groups in total. The monoisotopic (exact) mass is 320 g/mol. The molecule has 7 heteroatoms. The van der Waals surface area contributed by atoms with Crippen LogP contribution >= 0.6 is 15.9 Å². The van der Waals surface area contributed by atoms with Gasteiger partial charge in [0, 0.05) is 11.8 Å². The average Bonchev–Trinajstić information content (AvgIpc) is 2.29. The highest BCUT2D eigenvalue weighted by Crippen LogP contribution is 2.35. The molecule has 0 fully saturated rings. The normalized spacial score (nSPS) is 11.6. The van der Waals surface area contributed by atoms with Gasteiger partial charge in [0.05, 0.1) is 5.56 Å². The topological polar surface area (TPSA) is 25.8 Å². The minimum Gasteiger partial charge on any atom is -0.244 e. The maximum absolute atomic E-state index is 13.1. The standard InChI is InChI=1S/C11H5BrF4N2/c12-10-7(4-17-5-18-10)6-1-2-9(13)8(3-6)11(14,15)16/h1-5H. The molecule has 0 atom stereocenters. The Hall–Kier alpha value is -1.50. The molecule has 0 saturated heterocycles. The van der Waals surface area contributed by atoms with Crippen LogP contribution in [0.15, 0.2) is 35.3 Å². The third-order valence-corrected chi connectivity index (χ3v) is 2.88. The Morgan fingerprint density at radius 3 is 2.50 bits per heavy atom. The first-order chi connectivity index (χ1) is 8.39. The van der Waals surface area contributed by atoms with E-state index in [0.29, 0.717) is 10.2 Å². The molecule has 2 rings (SSSR count). The molecule has 0 saturated carbocycles. The first-order valence-corrected chi connectivity index (χ1v) is 5.51. The van der Waals surface area contributed by atoms with Crippen LogP contribution in [-0.2, 0) is 6.18 Å². The van der Waals surface area contributed by atoms with Crippen LogP contribution in [0, 0.1) is 5.82 Å². The van der Waals surface area contributed by atoms with Gasteiger partial charge in [-0.05, 0) is 33.6 Å². The fourth-order valence-corrected chi connectivity index (χ4v) is 1.84. The lowest BCUT2D eigenvalue weighted by Gasteiger charge is -2.10. The summed E-state index contributed by atoms with van der Waals surface area (Å²) in [6.45, 7) is 0. The zero-order valence-corrected chi connectivity index (χ0v) is 10.3. The van der Waals surface area contributed by atoms with Crippen LogP contribution in [0.25, 0.3) is 11.1 Å². The summed E-state index contributed by atoms with van der Waals surface area (Å²) >= 11 is 3.10. The van der Waals surface area contributed by atoms with E-state index in [1.54, 1.807) is 0 Å². The Bertz CT molecular complexity index is 583. The lowest BCUT2D eigenvalue weighted by atomic mass is 10.1. The summed E-state index contributed by atoms with van der Waals surface area (Å²) < 4.78 is 51.1. The van der Waals surface area contributed by atoms with Gasteiger partial charge in [-0.15, -0.1) is 0 Å². The van der Waals surface area contributed by atoms with Crippen LogP contribution in [0.2, 0.25) is 0 Å². The summed E-state index contributed by atoms with van der Waals surface area (Å²) in [6.07, 6.45) is -2.13. The van der Waals surface area contributed by atoms with Crippen molar-refractivity contribution in [3.63, 3.8) is 0 Å². The Labute approximate surface area is 108 Å². The van der Waals surface area contributed by atoms with Crippen LogP contribution in [0.4, 0.5) is 17.6 Å². The lowest BCUT2D eigenvalue weighted by Crippen LogP contribution is -2.08. The maximum Gasteiger partial charge on any atom is 0.419 e. The summed E-state index contributed by atoms with van der Waals surface area (Å²) in [7, 11) is 0. The largest absolute Gasteiger partial charge is 0.419 e. The van der Waals surface area contributed by atoms with E-state index in [-0.39, 0.29) is 5.56 Å². The molecule has 0 unspecified atom stereocenters. The molecule has 2 aromatic rings. The fraction of sp³-hybridized carbons (Fsp3) is 0.0909. The first-order valence-electron chi connectivity index (χ1n) is 4.72. The molecule has 1 aromatic heterocycles. The molecule has 0 radical (unpaired) electrons. The van der Waals surface area contributed by atoms with Crippen molar-refractivity contribution in [2.24, 2.45) is 0 Å². The van der Waals surface area contributed by atoms with Gasteiger partial charge in [-0.25, -0.2) is 14.4 Å². The molecule has 0 aliphatic rings. The molecule has 0 aliphatic carbocycles. The second kappa shape index (κ2) is 4.64. The second-order valence-corrected chi connectivity index (χ2v) is 4.17. The van der Waals surface area contributed by atoms with Crippen molar-refractivity contribution < 1.29 is 17.6 Å². The Kier molecular flexibility index (Phi) is 3.34. The van der Waals surface area contributed by atoms with Crippen molar-refractivity contribution in [2.75, 3.05) is 0 Å². The van der Waals surface area contributed by atoms with Crippen LogP contribution in [0.5, 0.6) is 0 Å². The van der Waals surface area contributed by atoms with Gasteiger partial charge in [0.25, 0.3) is 0 Å². The van der Waals surface area contributed by atoms with Crippen LogP contribution in [0.3, 0.4) is 0 Å². The molecular formula is C11H5BrF4N2. The van der Waals surface area contributed by atoms with Gasteiger partial charge >= 0.3 is 6.18 Å². The van der Waals surface area contributed by atoms with Crippen LogP contribution in [-0.4, -0.2) is 9.97 Å². The summed E-state index contributed by atoms with van der Waals surface area (Å²) in [5.74, 6) is -1.31. The Morgan fingerprint density at radius 2 is 1.89 bits per heavy atom. The first kappa shape index (κ1) is 12.9. The fourth-order valence-electron chi connectivity index (χ4n) is 1.42. The summed E-state index contributed by atoms with van der Waals surface area (Å²) in [5.41, 5.74) is -0.755. The third-order valence-electron chi connectivity index (χ3n) is 2.25. The van der Waals surface area contributed by atoms with E-state index in [2.05, 4.69) is 25.9 Å². The second-order valence-electron chi connectivity index (χ2n) is 3.42. The highest BCUT2D eigenvalue weighted by Gasteiger charge is 2.34. The minimum absolute atomic E-state index is 0.191. The molecule has 1 heterocycles. The molecule has 94 valence electrons. The molecule has 18 heavy (non-hydrogen) atoms. The van der Waals surface area contributed by atoms with Gasteiger partial charge in [0.2, 0.25) is 0 Å². The van der Waals surface area contributed by atoms with Crippen LogP contribution in [0.1, 0.15) is 5.56 Å². The highest BCUT2D eigenvalue weighted by molar-refractivity contribution is 9.10. The van der Waals surface area contributed by atoms with Crippen molar-refractivity contribution in [3.8, 4) is 11.1 Å². The summed E-state index contributed by atoms with van der Waals surface area (Å²) in [4.78, 5) is 7.52. The number of rotatable bonds is 1. The molecule has 2 nitrogen and oxygen atoms in total. The third kappa shape index (κ3) is 2.50. The van der Waals surface area contributed by atoms with E-state index in [1.807, 2.05) is 0 Å². The maximum atomic E-state index is 13.1. The van der Waals surface area contributed by atoms with Gasteiger partial charge in [0.15, 0.2) is 0 Å². The van der Waals surface area contributed by atoms with Crippen molar-refractivity contribution >= 4 is 15.9 Å². The highest BCUT2D eigenvalue weighted by atomic mass is 79.9. The predicted octanol–water partition coefficient (Wildman–Crippen LogP) is 4.06. The van der Waals surface area contributed by atoms with Gasteiger partial charge in [-0.3, -0.25) is 0 Å².